The quantitative estimate of drug-likeness (QED) is 0.818. The molecule has 16 heavy (non-hydrogen) atoms. The summed E-state index contributed by atoms with van der Waals surface area (Å²) in [7, 11) is 1.72. The topological polar surface area (TPSA) is 21.3 Å². The van der Waals surface area contributed by atoms with Gasteiger partial charge < -0.3 is 10.1 Å². The van der Waals surface area contributed by atoms with E-state index in [1.165, 1.54) is 31.2 Å². The van der Waals surface area contributed by atoms with Crippen molar-refractivity contribution in [1.82, 2.24) is 5.32 Å². The number of ether oxygens (including phenoxy) is 1. The van der Waals surface area contributed by atoms with Crippen molar-refractivity contribution < 1.29 is 4.74 Å². The molecule has 0 bridgehead atoms. The van der Waals surface area contributed by atoms with Crippen LogP contribution < -0.4 is 10.1 Å². The molecule has 0 radical (unpaired) electrons. The van der Waals surface area contributed by atoms with Crippen LogP contribution >= 0.6 is 0 Å². The highest BCUT2D eigenvalue weighted by atomic mass is 16.5. The summed E-state index contributed by atoms with van der Waals surface area (Å²) in [4.78, 5) is 0. The first-order valence-corrected chi connectivity index (χ1v) is 6.27. The Labute approximate surface area is 97.0 Å². The van der Waals surface area contributed by atoms with Crippen LogP contribution in [0.3, 0.4) is 0 Å². The monoisotopic (exact) mass is 217 g/mol. The van der Waals surface area contributed by atoms with Crippen molar-refractivity contribution >= 4 is 0 Å². The number of rotatable bonds is 5. The maximum atomic E-state index is 5.20. The Bertz CT molecular complexity index is 352. The Morgan fingerprint density at radius 1 is 1.12 bits per heavy atom. The Kier molecular flexibility index (Phi) is 2.60. The van der Waals surface area contributed by atoms with Crippen molar-refractivity contribution in [2.24, 2.45) is 5.92 Å². The average molecular weight is 217 g/mol. The van der Waals surface area contributed by atoms with Gasteiger partial charge >= 0.3 is 0 Å². The average Bonchev–Trinajstić information content (AvgIpc) is 3.16. The molecule has 86 valence electrons. The van der Waals surface area contributed by atoms with Crippen molar-refractivity contribution in [3.8, 4) is 5.75 Å². The standard InChI is InChI=1S/C14H19NO/c1-16-13-8-4-11(5-9-13)14(10-2-3-10)15-12-6-7-12/h4-5,8-10,12,14-15H,2-3,6-7H2,1H3. The van der Waals surface area contributed by atoms with E-state index >= 15 is 0 Å². The Balaban J connectivity index is 1.74. The van der Waals surface area contributed by atoms with Gasteiger partial charge in [0.15, 0.2) is 0 Å². The Hall–Kier alpha value is -1.02. The first-order chi connectivity index (χ1) is 7.86. The second kappa shape index (κ2) is 4.10. The van der Waals surface area contributed by atoms with Crippen LogP contribution in [0.5, 0.6) is 5.75 Å². The highest BCUT2D eigenvalue weighted by Crippen LogP contribution is 2.42. The number of hydrogen-bond donors (Lipinski definition) is 1. The van der Waals surface area contributed by atoms with E-state index in [2.05, 4.69) is 29.6 Å². The molecular weight excluding hydrogens is 198 g/mol. The van der Waals surface area contributed by atoms with Gasteiger partial charge in [0.25, 0.3) is 0 Å². The van der Waals surface area contributed by atoms with Gasteiger partial charge in [-0.15, -0.1) is 0 Å². The molecule has 0 saturated heterocycles. The molecule has 0 spiro atoms. The van der Waals surface area contributed by atoms with Gasteiger partial charge in [0.1, 0.15) is 5.75 Å². The molecule has 2 saturated carbocycles. The van der Waals surface area contributed by atoms with Crippen LogP contribution in [-0.4, -0.2) is 13.2 Å². The summed E-state index contributed by atoms with van der Waals surface area (Å²) < 4.78 is 5.20. The van der Waals surface area contributed by atoms with E-state index in [4.69, 9.17) is 4.74 Å². The molecule has 1 unspecified atom stereocenters. The minimum Gasteiger partial charge on any atom is -0.497 e. The summed E-state index contributed by atoms with van der Waals surface area (Å²) in [6.45, 7) is 0. The van der Waals surface area contributed by atoms with Crippen LogP contribution in [0.2, 0.25) is 0 Å². The summed E-state index contributed by atoms with van der Waals surface area (Å²) in [5.74, 6) is 1.82. The zero-order valence-electron chi connectivity index (χ0n) is 9.78. The van der Waals surface area contributed by atoms with E-state index < -0.39 is 0 Å². The largest absolute Gasteiger partial charge is 0.497 e. The zero-order chi connectivity index (χ0) is 11.0. The molecule has 3 rings (SSSR count). The molecule has 1 N–H and O–H groups in total. The van der Waals surface area contributed by atoms with Crippen molar-refractivity contribution in [1.29, 1.82) is 0 Å². The molecule has 1 atom stereocenters. The fourth-order valence-corrected chi connectivity index (χ4v) is 2.25. The van der Waals surface area contributed by atoms with Gasteiger partial charge in [0.05, 0.1) is 7.11 Å². The van der Waals surface area contributed by atoms with Crippen molar-refractivity contribution in [3.63, 3.8) is 0 Å². The van der Waals surface area contributed by atoms with E-state index in [1.807, 2.05) is 0 Å². The predicted molar refractivity (Wildman–Crippen MR) is 64.6 cm³/mol. The molecule has 0 aliphatic heterocycles. The maximum Gasteiger partial charge on any atom is 0.118 e. The van der Waals surface area contributed by atoms with Crippen molar-refractivity contribution in [2.45, 2.75) is 37.8 Å². The summed E-state index contributed by atoms with van der Waals surface area (Å²) >= 11 is 0. The molecule has 1 aromatic carbocycles. The summed E-state index contributed by atoms with van der Waals surface area (Å²) in [6, 6.07) is 9.92. The van der Waals surface area contributed by atoms with Crippen LogP contribution in [0.1, 0.15) is 37.3 Å². The predicted octanol–water partition coefficient (Wildman–Crippen LogP) is 2.90. The Morgan fingerprint density at radius 3 is 2.31 bits per heavy atom. The number of nitrogens with one attached hydrogen (secondary N) is 1. The van der Waals surface area contributed by atoms with Gasteiger partial charge in [-0.05, 0) is 49.3 Å². The molecule has 0 aromatic heterocycles. The molecule has 0 amide bonds. The third kappa shape index (κ3) is 2.22. The zero-order valence-corrected chi connectivity index (χ0v) is 9.78. The van der Waals surface area contributed by atoms with E-state index in [0.717, 1.165) is 17.7 Å². The fourth-order valence-electron chi connectivity index (χ4n) is 2.25. The maximum absolute atomic E-state index is 5.20. The van der Waals surface area contributed by atoms with E-state index in [-0.39, 0.29) is 0 Å². The third-order valence-electron chi connectivity index (χ3n) is 3.56. The lowest BCUT2D eigenvalue weighted by Crippen LogP contribution is -2.24. The van der Waals surface area contributed by atoms with Crippen molar-refractivity contribution in [3.05, 3.63) is 29.8 Å². The SMILES string of the molecule is COc1ccc(C(NC2CC2)C2CC2)cc1. The van der Waals surface area contributed by atoms with E-state index in [9.17, 15) is 0 Å². The highest BCUT2D eigenvalue weighted by Gasteiger charge is 2.35. The molecule has 0 heterocycles. The Morgan fingerprint density at radius 2 is 1.81 bits per heavy atom. The number of methoxy groups -OCH3 is 1. The highest BCUT2D eigenvalue weighted by molar-refractivity contribution is 5.30. The fraction of sp³-hybridized carbons (Fsp3) is 0.571. The van der Waals surface area contributed by atoms with Gasteiger partial charge in [0, 0.05) is 12.1 Å². The second-order valence-electron chi connectivity index (χ2n) is 5.03. The molecule has 2 fully saturated rings. The first-order valence-electron chi connectivity index (χ1n) is 6.27. The molecule has 2 heteroatoms. The normalized spacial score (nSPS) is 21.8. The van der Waals surface area contributed by atoms with Crippen LogP contribution in [0.4, 0.5) is 0 Å². The van der Waals surface area contributed by atoms with Gasteiger partial charge in [-0.1, -0.05) is 12.1 Å². The van der Waals surface area contributed by atoms with E-state index in [0.29, 0.717) is 6.04 Å². The molecule has 2 aliphatic carbocycles. The number of hydrogen-bond acceptors (Lipinski definition) is 2. The van der Waals surface area contributed by atoms with Crippen LogP contribution in [0.25, 0.3) is 0 Å². The van der Waals surface area contributed by atoms with Crippen molar-refractivity contribution in [2.75, 3.05) is 7.11 Å². The molecule has 2 nitrogen and oxygen atoms in total. The second-order valence-corrected chi connectivity index (χ2v) is 5.03. The van der Waals surface area contributed by atoms with Crippen LogP contribution in [0.15, 0.2) is 24.3 Å². The van der Waals surface area contributed by atoms with E-state index in [1.54, 1.807) is 7.11 Å². The van der Waals surface area contributed by atoms with Gasteiger partial charge in [-0.25, -0.2) is 0 Å². The van der Waals surface area contributed by atoms with Crippen LogP contribution in [-0.2, 0) is 0 Å². The smallest absolute Gasteiger partial charge is 0.118 e. The summed E-state index contributed by atoms with van der Waals surface area (Å²) in [6.07, 6.45) is 5.49. The van der Waals surface area contributed by atoms with Gasteiger partial charge in [-0.2, -0.15) is 0 Å². The molecular formula is C14H19NO. The molecule has 2 aliphatic rings. The minimum atomic E-state index is 0.582. The lowest BCUT2D eigenvalue weighted by Gasteiger charge is -2.18. The molecule has 1 aromatic rings. The summed E-state index contributed by atoms with van der Waals surface area (Å²) in [5, 5.41) is 3.77. The number of benzene rings is 1. The van der Waals surface area contributed by atoms with Crippen LogP contribution in [0, 0.1) is 5.92 Å². The lowest BCUT2D eigenvalue weighted by molar-refractivity contribution is 0.413. The lowest BCUT2D eigenvalue weighted by atomic mass is 10.0. The minimum absolute atomic E-state index is 0.582. The van der Waals surface area contributed by atoms with Gasteiger partial charge in [0.2, 0.25) is 0 Å². The summed E-state index contributed by atoms with van der Waals surface area (Å²) in [5.41, 5.74) is 1.43. The van der Waals surface area contributed by atoms with Gasteiger partial charge in [-0.3, -0.25) is 0 Å². The third-order valence-corrected chi connectivity index (χ3v) is 3.56. The first kappa shape index (κ1) is 10.2.